The highest BCUT2D eigenvalue weighted by Gasteiger charge is 2.38. The zero-order valence-corrected chi connectivity index (χ0v) is 29.5. The fourth-order valence-electron chi connectivity index (χ4n) is 5.35. The van der Waals surface area contributed by atoms with Gasteiger partial charge < -0.3 is 24.8 Å². The zero-order chi connectivity index (χ0) is 32.2. The van der Waals surface area contributed by atoms with Crippen molar-refractivity contribution in [1.82, 2.24) is 10.6 Å². The van der Waals surface area contributed by atoms with E-state index in [0.717, 1.165) is 25.9 Å². The van der Waals surface area contributed by atoms with E-state index in [2.05, 4.69) is 59.1 Å². The average Bonchev–Trinajstić information content (AvgIpc) is 2.96. The molecule has 0 spiro atoms. The number of carbonyl (C=O) groups excluding carboxylic acids is 2. The Morgan fingerprint density at radius 1 is 0.698 bits per heavy atom. The first-order valence-corrected chi connectivity index (χ1v) is 17.9. The molecule has 0 saturated carbocycles. The number of hydrogen-bond donors (Lipinski definition) is 2. The van der Waals surface area contributed by atoms with Crippen LogP contribution in [0, 0.1) is 10.8 Å². The van der Waals surface area contributed by atoms with Crippen molar-refractivity contribution in [2.45, 2.75) is 176 Å². The first-order valence-electron chi connectivity index (χ1n) is 17.9. The molecule has 0 saturated heterocycles. The standard InChI is InChI=1S/C36H72N2O5/c1-8-10-11-12-13-14-15-16-17-18-19-20-21-22-23-24-26-41-28-33(38-31-39)29-43-34(40)37-30-36(6,7)35(4,5)27-32(3)42-25-9-2/h31-33H,8-30H2,1-7H3,(H,37,40)(H,38,39). The summed E-state index contributed by atoms with van der Waals surface area (Å²) in [5.41, 5.74) is -0.206. The number of nitrogens with one attached hydrogen (secondary N) is 2. The lowest BCUT2D eigenvalue weighted by Gasteiger charge is -2.43. The lowest BCUT2D eigenvalue weighted by atomic mass is 9.65. The smallest absolute Gasteiger partial charge is 0.407 e. The Morgan fingerprint density at radius 3 is 1.70 bits per heavy atom. The van der Waals surface area contributed by atoms with Crippen molar-refractivity contribution in [2.24, 2.45) is 10.8 Å². The summed E-state index contributed by atoms with van der Waals surface area (Å²) in [6.45, 7) is 17.6. The summed E-state index contributed by atoms with van der Waals surface area (Å²) in [6, 6.07) is -0.356. The third-order valence-corrected chi connectivity index (χ3v) is 9.09. The molecule has 0 aromatic rings. The highest BCUT2D eigenvalue weighted by Crippen LogP contribution is 2.42. The van der Waals surface area contributed by atoms with Crippen LogP contribution in [0.3, 0.4) is 0 Å². The summed E-state index contributed by atoms with van der Waals surface area (Å²) in [6.07, 6.45) is 23.7. The van der Waals surface area contributed by atoms with Crippen LogP contribution in [0.25, 0.3) is 0 Å². The summed E-state index contributed by atoms with van der Waals surface area (Å²) in [5.74, 6) is 0. The molecular formula is C36H72N2O5. The molecule has 2 unspecified atom stereocenters. The van der Waals surface area contributed by atoms with E-state index >= 15 is 0 Å². The minimum atomic E-state index is -0.477. The number of amides is 2. The van der Waals surface area contributed by atoms with Gasteiger partial charge in [-0.05, 0) is 37.0 Å². The highest BCUT2D eigenvalue weighted by molar-refractivity contribution is 5.67. The van der Waals surface area contributed by atoms with E-state index in [1.807, 2.05) is 0 Å². The third kappa shape index (κ3) is 23.7. The van der Waals surface area contributed by atoms with E-state index in [-0.39, 0.29) is 29.6 Å². The molecule has 0 aliphatic carbocycles. The predicted molar refractivity (Wildman–Crippen MR) is 181 cm³/mol. The Balaban J connectivity index is 3.90. The van der Waals surface area contributed by atoms with Crippen LogP contribution in [0.5, 0.6) is 0 Å². The Hall–Kier alpha value is -1.34. The molecule has 0 aliphatic rings. The fraction of sp³-hybridized carbons (Fsp3) is 0.944. The van der Waals surface area contributed by atoms with Crippen LogP contribution in [-0.4, -0.2) is 57.6 Å². The second-order valence-electron chi connectivity index (χ2n) is 14.0. The van der Waals surface area contributed by atoms with Gasteiger partial charge in [-0.2, -0.15) is 0 Å². The van der Waals surface area contributed by atoms with Crippen molar-refractivity contribution in [3.8, 4) is 0 Å². The molecular weight excluding hydrogens is 540 g/mol. The molecule has 256 valence electrons. The first-order chi connectivity index (χ1) is 20.6. The van der Waals surface area contributed by atoms with Gasteiger partial charge in [0, 0.05) is 19.8 Å². The molecule has 0 radical (unpaired) electrons. The Labute approximate surface area is 266 Å². The van der Waals surface area contributed by atoms with E-state index in [0.29, 0.717) is 26.2 Å². The molecule has 0 aliphatic heterocycles. The molecule has 2 atom stereocenters. The number of rotatable bonds is 31. The summed E-state index contributed by atoms with van der Waals surface area (Å²) < 4.78 is 17.1. The van der Waals surface area contributed by atoms with Gasteiger partial charge in [0.1, 0.15) is 6.61 Å². The lowest BCUT2D eigenvalue weighted by Crippen LogP contribution is -2.45. The SMILES string of the molecule is CCCCCCCCCCCCCCCCCCOCC(COC(=O)NCC(C)(C)C(C)(C)CC(C)OCCC)NC=O. The number of carbonyl (C=O) groups is 2. The molecule has 0 heterocycles. The van der Waals surface area contributed by atoms with E-state index in [4.69, 9.17) is 14.2 Å². The van der Waals surface area contributed by atoms with Crippen LogP contribution >= 0.6 is 0 Å². The maximum absolute atomic E-state index is 12.4. The van der Waals surface area contributed by atoms with E-state index in [1.165, 1.54) is 96.3 Å². The van der Waals surface area contributed by atoms with Crippen molar-refractivity contribution in [3.05, 3.63) is 0 Å². The average molecular weight is 613 g/mol. The molecule has 43 heavy (non-hydrogen) atoms. The van der Waals surface area contributed by atoms with Crippen molar-refractivity contribution < 1.29 is 23.8 Å². The number of ether oxygens (including phenoxy) is 3. The van der Waals surface area contributed by atoms with Crippen molar-refractivity contribution in [2.75, 3.05) is 33.0 Å². The van der Waals surface area contributed by atoms with Gasteiger partial charge in [-0.3, -0.25) is 4.79 Å². The number of alkyl carbamates (subject to hydrolysis) is 1. The minimum Gasteiger partial charge on any atom is -0.447 e. The van der Waals surface area contributed by atoms with Crippen LogP contribution in [0.4, 0.5) is 4.79 Å². The molecule has 0 aromatic heterocycles. The van der Waals surface area contributed by atoms with Crippen molar-refractivity contribution >= 4 is 12.5 Å². The van der Waals surface area contributed by atoms with E-state index in [9.17, 15) is 9.59 Å². The Bertz CT molecular complexity index is 656. The normalized spacial score (nSPS) is 13.5. The molecule has 2 N–H and O–H groups in total. The molecule has 0 bridgehead atoms. The molecule has 0 aromatic carbocycles. The van der Waals surface area contributed by atoms with Crippen LogP contribution in [-0.2, 0) is 19.0 Å². The summed E-state index contributed by atoms with van der Waals surface area (Å²) in [4.78, 5) is 23.5. The van der Waals surface area contributed by atoms with Crippen molar-refractivity contribution in [1.29, 1.82) is 0 Å². The van der Waals surface area contributed by atoms with E-state index in [1.54, 1.807) is 0 Å². The second-order valence-corrected chi connectivity index (χ2v) is 14.0. The van der Waals surface area contributed by atoms with Gasteiger partial charge in [0.05, 0.1) is 18.8 Å². The van der Waals surface area contributed by atoms with Crippen molar-refractivity contribution in [3.63, 3.8) is 0 Å². The van der Waals surface area contributed by atoms with Crippen LogP contribution in [0.1, 0.15) is 164 Å². The first kappa shape index (κ1) is 41.7. The second kappa shape index (κ2) is 27.0. The van der Waals surface area contributed by atoms with Crippen LogP contribution in [0.2, 0.25) is 0 Å². The Morgan fingerprint density at radius 2 is 1.21 bits per heavy atom. The predicted octanol–water partition coefficient (Wildman–Crippen LogP) is 9.36. The third-order valence-electron chi connectivity index (χ3n) is 9.09. The monoisotopic (exact) mass is 613 g/mol. The molecule has 2 amide bonds. The van der Waals surface area contributed by atoms with Gasteiger partial charge in [-0.25, -0.2) is 4.79 Å². The van der Waals surface area contributed by atoms with Gasteiger partial charge in [-0.15, -0.1) is 0 Å². The Kier molecular flexibility index (Phi) is 26.2. The largest absolute Gasteiger partial charge is 0.447 e. The minimum absolute atomic E-state index is 0.0461. The molecule has 0 rings (SSSR count). The topological polar surface area (TPSA) is 85.9 Å². The van der Waals surface area contributed by atoms with Gasteiger partial charge in [0.25, 0.3) is 0 Å². The van der Waals surface area contributed by atoms with Gasteiger partial charge in [-0.1, -0.05) is 138 Å². The number of unbranched alkanes of at least 4 members (excludes halogenated alkanes) is 15. The summed E-state index contributed by atoms with van der Waals surface area (Å²) in [7, 11) is 0. The lowest BCUT2D eigenvalue weighted by molar-refractivity contribution is -0.111. The van der Waals surface area contributed by atoms with E-state index < -0.39 is 6.09 Å². The van der Waals surface area contributed by atoms with Crippen LogP contribution in [0.15, 0.2) is 0 Å². The maximum Gasteiger partial charge on any atom is 0.407 e. The quantitative estimate of drug-likeness (QED) is 0.0602. The molecule has 0 fully saturated rings. The maximum atomic E-state index is 12.4. The van der Waals surface area contributed by atoms with Gasteiger partial charge >= 0.3 is 6.09 Å². The van der Waals surface area contributed by atoms with Crippen LogP contribution < -0.4 is 10.6 Å². The number of hydrogen-bond acceptors (Lipinski definition) is 5. The summed E-state index contributed by atoms with van der Waals surface area (Å²) in [5, 5.41) is 5.62. The zero-order valence-electron chi connectivity index (χ0n) is 29.5. The van der Waals surface area contributed by atoms with Gasteiger partial charge in [0.2, 0.25) is 6.41 Å². The van der Waals surface area contributed by atoms with Gasteiger partial charge in [0.15, 0.2) is 0 Å². The fourth-order valence-corrected chi connectivity index (χ4v) is 5.35. The summed E-state index contributed by atoms with van der Waals surface area (Å²) >= 11 is 0. The highest BCUT2D eigenvalue weighted by atomic mass is 16.6. The molecule has 7 nitrogen and oxygen atoms in total. The molecule has 7 heteroatoms.